The molecule has 0 aromatic heterocycles. The van der Waals surface area contributed by atoms with E-state index in [9.17, 15) is 9.59 Å². The van der Waals surface area contributed by atoms with E-state index in [1.165, 1.54) is 18.1 Å². The normalized spacial score (nSPS) is 15.6. The Bertz CT molecular complexity index is 973. The number of nitrogens with zero attached hydrogens (tertiary/aromatic N) is 1. The third kappa shape index (κ3) is 4.07. The maximum absolute atomic E-state index is 13.1. The molecule has 0 spiro atoms. The number of ether oxygens (including phenoxy) is 2. The maximum atomic E-state index is 13.1. The third-order valence-corrected chi connectivity index (χ3v) is 4.78. The van der Waals surface area contributed by atoms with E-state index in [1.807, 2.05) is 13.0 Å². The second-order valence-electron chi connectivity index (χ2n) is 5.77. The smallest absolute Gasteiger partial charge is 0.270 e. The van der Waals surface area contributed by atoms with Crippen molar-refractivity contribution in [1.82, 2.24) is 5.32 Å². The van der Waals surface area contributed by atoms with Crippen molar-refractivity contribution in [3.63, 3.8) is 0 Å². The number of anilines is 1. The number of hydrogen-bond acceptors (Lipinski definition) is 5. The largest absolute Gasteiger partial charge is 0.496 e. The molecular weight excluding hydrogens is 444 g/mol. The minimum Gasteiger partial charge on any atom is -0.496 e. The highest BCUT2D eigenvalue weighted by Crippen LogP contribution is 2.28. The molecule has 1 N–H and O–H groups in total. The Morgan fingerprint density at radius 1 is 1.18 bits per heavy atom. The van der Waals surface area contributed by atoms with E-state index in [0.29, 0.717) is 29.4 Å². The zero-order valence-electron chi connectivity index (χ0n) is 15.2. The topological polar surface area (TPSA) is 67.9 Å². The van der Waals surface area contributed by atoms with Gasteiger partial charge < -0.3 is 9.47 Å². The van der Waals surface area contributed by atoms with Gasteiger partial charge in [0.25, 0.3) is 11.8 Å². The van der Waals surface area contributed by atoms with Crippen molar-refractivity contribution in [1.29, 1.82) is 0 Å². The number of amides is 2. The standard InChI is InChI=1S/C20H17BrN2O4S/c1-3-27-15-7-5-14(6-8-15)23-19(25)16(18(24)22-20(23)28)11-12-10-13(21)4-9-17(12)26-2/h4-11H,3H2,1-2H3,(H,22,24,28)/b16-11+. The van der Waals surface area contributed by atoms with E-state index >= 15 is 0 Å². The summed E-state index contributed by atoms with van der Waals surface area (Å²) in [5, 5.41) is 2.59. The van der Waals surface area contributed by atoms with Crippen LogP contribution < -0.4 is 19.7 Å². The number of hydrogen-bond donors (Lipinski definition) is 1. The van der Waals surface area contributed by atoms with E-state index in [1.54, 1.807) is 36.4 Å². The third-order valence-electron chi connectivity index (χ3n) is 4.00. The lowest BCUT2D eigenvalue weighted by Crippen LogP contribution is -2.54. The predicted molar refractivity (Wildman–Crippen MR) is 115 cm³/mol. The lowest BCUT2D eigenvalue weighted by Gasteiger charge is -2.29. The first-order valence-corrected chi connectivity index (χ1v) is 9.62. The summed E-state index contributed by atoms with van der Waals surface area (Å²) in [6, 6.07) is 12.2. The molecule has 6 nitrogen and oxygen atoms in total. The fourth-order valence-electron chi connectivity index (χ4n) is 2.72. The first-order valence-electron chi connectivity index (χ1n) is 8.42. The molecule has 0 radical (unpaired) electrons. The molecule has 0 unspecified atom stereocenters. The van der Waals surface area contributed by atoms with Gasteiger partial charge in [0, 0.05) is 10.0 Å². The van der Waals surface area contributed by atoms with Crippen molar-refractivity contribution in [3.8, 4) is 11.5 Å². The lowest BCUT2D eigenvalue weighted by atomic mass is 10.1. The zero-order valence-corrected chi connectivity index (χ0v) is 17.6. The maximum Gasteiger partial charge on any atom is 0.270 e. The number of carbonyl (C=O) groups is 2. The van der Waals surface area contributed by atoms with Gasteiger partial charge in [-0.05, 0) is 67.7 Å². The number of carbonyl (C=O) groups excluding carboxylic acids is 2. The molecular formula is C20H17BrN2O4S. The van der Waals surface area contributed by atoms with Crippen LogP contribution in [0.2, 0.25) is 0 Å². The highest BCUT2D eigenvalue weighted by molar-refractivity contribution is 9.10. The fourth-order valence-corrected chi connectivity index (χ4v) is 3.38. The number of rotatable bonds is 5. The van der Waals surface area contributed by atoms with Crippen molar-refractivity contribution < 1.29 is 19.1 Å². The SMILES string of the molecule is CCOc1ccc(N2C(=O)/C(=C/c3cc(Br)ccc3OC)C(=O)NC2=S)cc1. The average Bonchev–Trinajstić information content (AvgIpc) is 2.67. The summed E-state index contributed by atoms with van der Waals surface area (Å²) < 4.78 is 11.5. The van der Waals surface area contributed by atoms with E-state index in [4.69, 9.17) is 21.7 Å². The molecule has 2 aromatic carbocycles. The molecule has 1 heterocycles. The molecule has 0 bridgehead atoms. The zero-order chi connectivity index (χ0) is 20.3. The van der Waals surface area contributed by atoms with Crippen LogP contribution in [0.4, 0.5) is 5.69 Å². The monoisotopic (exact) mass is 460 g/mol. The Morgan fingerprint density at radius 3 is 2.54 bits per heavy atom. The summed E-state index contributed by atoms with van der Waals surface area (Å²) in [7, 11) is 1.52. The highest BCUT2D eigenvalue weighted by Gasteiger charge is 2.34. The van der Waals surface area contributed by atoms with Crippen LogP contribution in [0.3, 0.4) is 0 Å². The summed E-state index contributed by atoms with van der Waals surface area (Å²) in [6.45, 7) is 2.43. The van der Waals surface area contributed by atoms with E-state index in [-0.39, 0.29) is 10.7 Å². The second-order valence-corrected chi connectivity index (χ2v) is 7.07. The van der Waals surface area contributed by atoms with Crippen LogP contribution in [0.25, 0.3) is 6.08 Å². The molecule has 1 aliphatic rings. The average molecular weight is 461 g/mol. The molecule has 144 valence electrons. The molecule has 1 fully saturated rings. The quantitative estimate of drug-likeness (QED) is 0.418. The van der Waals surface area contributed by atoms with Crippen molar-refractivity contribution in [2.75, 3.05) is 18.6 Å². The van der Waals surface area contributed by atoms with Crippen molar-refractivity contribution >= 4 is 56.8 Å². The molecule has 0 aliphatic carbocycles. The number of benzene rings is 2. The Kier molecular flexibility index (Phi) is 6.11. The molecule has 8 heteroatoms. The summed E-state index contributed by atoms with van der Waals surface area (Å²) in [5.41, 5.74) is 1.08. The molecule has 28 heavy (non-hydrogen) atoms. The van der Waals surface area contributed by atoms with E-state index in [0.717, 1.165) is 4.47 Å². The van der Waals surface area contributed by atoms with Crippen LogP contribution >= 0.6 is 28.1 Å². The van der Waals surface area contributed by atoms with Crippen molar-refractivity contribution in [2.45, 2.75) is 6.92 Å². The molecule has 0 atom stereocenters. The Labute approximate surface area is 176 Å². The number of nitrogens with one attached hydrogen (secondary N) is 1. The van der Waals surface area contributed by atoms with Gasteiger partial charge in [-0.15, -0.1) is 0 Å². The first kappa shape index (κ1) is 20.0. The number of thiocarbonyl (C=S) groups is 1. The lowest BCUT2D eigenvalue weighted by molar-refractivity contribution is -0.122. The van der Waals surface area contributed by atoms with E-state index in [2.05, 4.69) is 21.2 Å². The van der Waals surface area contributed by atoms with Gasteiger partial charge in [0.15, 0.2) is 5.11 Å². The molecule has 3 rings (SSSR count). The van der Waals surface area contributed by atoms with E-state index < -0.39 is 11.8 Å². The Hall–Kier alpha value is -2.71. The van der Waals surface area contributed by atoms with Crippen LogP contribution in [0.15, 0.2) is 52.5 Å². The molecule has 2 amide bonds. The number of halogens is 1. The van der Waals surface area contributed by atoms with Crippen LogP contribution in [-0.2, 0) is 9.59 Å². The van der Waals surface area contributed by atoms with Crippen LogP contribution in [0, 0.1) is 0 Å². The van der Waals surface area contributed by atoms with Gasteiger partial charge in [-0.3, -0.25) is 19.8 Å². The summed E-state index contributed by atoms with van der Waals surface area (Å²) in [4.78, 5) is 26.8. The first-order chi connectivity index (χ1) is 13.4. The molecule has 1 saturated heterocycles. The minimum atomic E-state index is -0.556. The Balaban J connectivity index is 1.99. The molecule has 2 aromatic rings. The molecule has 1 aliphatic heterocycles. The summed E-state index contributed by atoms with van der Waals surface area (Å²) in [5.74, 6) is 0.150. The number of methoxy groups -OCH3 is 1. The van der Waals surface area contributed by atoms with Crippen LogP contribution in [0.1, 0.15) is 12.5 Å². The van der Waals surface area contributed by atoms with Gasteiger partial charge >= 0.3 is 0 Å². The van der Waals surface area contributed by atoms with Gasteiger partial charge in [0.05, 0.1) is 19.4 Å². The van der Waals surface area contributed by atoms with Crippen molar-refractivity contribution in [2.24, 2.45) is 0 Å². The van der Waals surface area contributed by atoms with Gasteiger partial charge in [-0.2, -0.15) is 0 Å². The molecule has 0 saturated carbocycles. The van der Waals surface area contributed by atoms with Crippen LogP contribution in [-0.4, -0.2) is 30.6 Å². The second kappa shape index (κ2) is 8.53. The van der Waals surface area contributed by atoms with Gasteiger partial charge in [0.2, 0.25) is 0 Å². The highest BCUT2D eigenvalue weighted by atomic mass is 79.9. The summed E-state index contributed by atoms with van der Waals surface area (Å²) >= 11 is 8.60. The minimum absolute atomic E-state index is 0.0255. The fraction of sp³-hybridized carbons (Fsp3) is 0.150. The van der Waals surface area contributed by atoms with Gasteiger partial charge in [-0.1, -0.05) is 15.9 Å². The van der Waals surface area contributed by atoms with Crippen molar-refractivity contribution in [3.05, 3.63) is 58.1 Å². The van der Waals surface area contributed by atoms with Gasteiger partial charge in [-0.25, -0.2) is 0 Å². The Morgan fingerprint density at radius 2 is 1.89 bits per heavy atom. The van der Waals surface area contributed by atoms with Crippen LogP contribution in [0.5, 0.6) is 11.5 Å². The predicted octanol–water partition coefficient (Wildman–Crippen LogP) is 3.69. The van der Waals surface area contributed by atoms with Gasteiger partial charge in [0.1, 0.15) is 17.1 Å². The summed E-state index contributed by atoms with van der Waals surface area (Å²) in [6.07, 6.45) is 1.49.